The number of carbonyl (C=O) groups excluding carboxylic acids is 2. The number of hydrogen-bond donors (Lipinski definition) is 1. The Balaban J connectivity index is 1.68. The van der Waals surface area contributed by atoms with Gasteiger partial charge in [0.25, 0.3) is 11.8 Å². The Morgan fingerprint density at radius 2 is 2.12 bits per heavy atom. The summed E-state index contributed by atoms with van der Waals surface area (Å²) in [4.78, 5) is 30.2. The summed E-state index contributed by atoms with van der Waals surface area (Å²) in [7, 11) is -1.52. The van der Waals surface area contributed by atoms with E-state index in [4.69, 9.17) is 4.42 Å². The van der Waals surface area contributed by atoms with Gasteiger partial charge in [0.15, 0.2) is 9.84 Å². The summed E-state index contributed by atoms with van der Waals surface area (Å²) in [5.74, 6) is -0.0787. The van der Waals surface area contributed by atoms with E-state index in [1.165, 1.54) is 29.6 Å². The van der Waals surface area contributed by atoms with Crippen LogP contribution in [0.1, 0.15) is 32.9 Å². The number of aromatic nitrogens is 1. The summed E-state index contributed by atoms with van der Waals surface area (Å²) in [6.07, 6.45) is 4.67. The summed E-state index contributed by atoms with van der Waals surface area (Å²) < 4.78 is 28.4. The minimum atomic E-state index is -3.09. The van der Waals surface area contributed by atoms with E-state index >= 15 is 0 Å². The first-order valence-electron chi connectivity index (χ1n) is 8.09. The number of nitrogens with one attached hydrogen (secondary N) is 1. The SMILES string of the molecule is CN(C(=O)c1cncc(C(=O)NCc2ccco2)c1)C1CCS(=O)(=O)C1. The van der Waals surface area contributed by atoms with Gasteiger partial charge in [-0.2, -0.15) is 0 Å². The molecule has 8 nitrogen and oxygen atoms in total. The molecule has 2 amide bonds. The van der Waals surface area contributed by atoms with Gasteiger partial charge >= 0.3 is 0 Å². The molecule has 1 aliphatic heterocycles. The fourth-order valence-electron chi connectivity index (χ4n) is 2.81. The third kappa shape index (κ3) is 4.10. The molecule has 26 heavy (non-hydrogen) atoms. The maximum atomic E-state index is 12.6. The molecule has 0 radical (unpaired) electrons. The predicted octanol–water partition coefficient (Wildman–Crippen LogP) is 0.864. The molecule has 3 heterocycles. The van der Waals surface area contributed by atoms with Gasteiger partial charge < -0.3 is 14.6 Å². The molecule has 1 fully saturated rings. The maximum absolute atomic E-state index is 12.6. The highest BCUT2D eigenvalue weighted by molar-refractivity contribution is 7.91. The number of hydrogen-bond acceptors (Lipinski definition) is 6. The van der Waals surface area contributed by atoms with Crippen LogP contribution in [0.5, 0.6) is 0 Å². The van der Waals surface area contributed by atoms with Crippen LogP contribution in [0.3, 0.4) is 0 Å². The van der Waals surface area contributed by atoms with Crippen LogP contribution in [-0.2, 0) is 16.4 Å². The molecule has 2 aromatic rings. The highest BCUT2D eigenvalue weighted by Crippen LogP contribution is 2.18. The molecule has 0 saturated carbocycles. The van der Waals surface area contributed by atoms with Crippen LogP contribution in [0, 0.1) is 0 Å². The van der Waals surface area contributed by atoms with Crippen molar-refractivity contribution in [2.45, 2.75) is 19.0 Å². The number of pyridine rings is 1. The smallest absolute Gasteiger partial charge is 0.255 e. The molecule has 0 aromatic carbocycles. The third-order valence-electron chi connectivity index (χ3n) is 4.33. The molecular formula is C17H19N3O5S. The Labute approximate surface area is 151 Å². The number of amides is 2. The van der Waals surface area contributed by atoms with Crippen molar-refractivity contribution in [2.24, 2.45) is 0 Å². The van der Waals surface area contributed by atoms with Crippen LogP contribution < -0.4 is 5.32 Å². The fraction of sp³-hybridized carbons (Fsp3) is 0.353. The van der Waals surface area contributed by atoms with Crippen molar-refractivity contribution in [3.05, 3.63) is 53.7 Å². The van der Waals surface area contributed by atoms with Gasteiger partial charge in [0.1, 0.15) is 5.76 Å². The normalized spacial score (nSPS) is 18.4. The zero-order valence-corrected chi connectivity index (χ0v) is 15.0. The number of furan rings is 1. The summed E-state index contributed by atoms with van der Waals surface area (Å²) in [5.41, 5.74) is 0.484. The lowest BCUT2D eigenvalue weighted by molar-refractivity contribution is 0.0747. The van der Waals surface area contributed by atoms with Gasteiger partial charge in [-0.05, 0) is 24.6 Å². The largest absolute Gasteiger partial charge is 0.467 e. The van der Waals surface area contributed by atoms with E-state index in [0.717, 1.165) is 0 Å². The molecule has 1 unspecified atom stereocenters. The lowest BCUT2D eigenvalue weighted by Gasteiger charge is -2.23. The molecule has 1 atom stereocenters. The van der Waals surface area contributed by atoms with E-state index in [1.54, 1.807) is 19.2 Å². The van der Waals surface area contributed by atoms with E-state index in [-0.39, 0.29) is 47.0 Å². The number of rotatable bonds is 5. The van der Waals surface area contributed by atoms with Crippen molar-refractivity contribution in [1.29, 1.82) is 0 Å². The van der Waals surface area contributed by atoms with Gasteiger partial charge in [-0.1, -0.05) is 0 Å². The highest BCUT2D eigenvalue weighted by Gasteiger charge is 2.33. The van der Waals surface area contributed by atoms with E-state index in [9.17, 15) is 18.0 Å². The maximum Gasteiger partial charge on any atom is 0.255 e. The van der Waals surface area contributed by atoms with Crippen molar-refractivity contribution >= 4 is 21.7 Å². The average molecular weight is 377 g/mol. The average Bonchev–Trinajstić information content (AvgIpc) is 3.27. The van der Waals surface area contributed by atoms with Crippen LogP contribution in [0.25, 0.3) is 0 Å². The van der Waals surface area contributed by atoms with E-state index in [2.05, 4.69) is 10.3 Å². The van der Waals surface area contributed by atoms with Crippen LogP contribution in [-0.4, -0.2) is 54.7 Å². The standard InChI is InChI=1S/C17H19N3O5S/c1-20(14-4-6-26(23,24)11-14)17(22)13-7-12(8-18-9-13)16(21)19-10-15-3-2-5-25-15/h2-3,5,7-9,14H,4,6,10-11H2,1H3,(H,19,21). The Hall–Kier alpha value is -2.68. The van der Waals surface area contributed by atoms with Gasteiger partial charge in [0, 0.05) is 25.5 Å². The second-order valence-corrected chi connectivity index (χ2v) is 8.43. The van der Waals surface area contributed by atoms with Crippen molar-refractivity contribution in [2.75, 3.05) is 18.6 Å². The molecule has 1 saturated heterocycles. The third-order valence-corrected chi connectivity index (χ3v) is 6.08. The lowest BCUT2D eigenvalue weighted by atomic mass is 10.1. The van der Waals surface area contributed by atoms with Gasteiger partial charge in [-0.15, -0.1) is 0 Å². The number of nitrogens with zero attached hydrogens (tertiary/aromatic N) is 2. The van der Waals surface area contributed by atoms with Crippen molar-refractivity contribution in [3.8, 4) is 0 Å². The van der Waals surface area contributed by atoms with Crippen LogP contribution in [0.15, 0.2) is 41.3 Å². The molecule has 9 heteroatoms. The lowest BCUT2D eigenvalue weighted by Crippen LogP contribution is -2.38. The minimum absolute atomic E-state index is 0.0357. The zero-order valence-electron chi connectivity index (χ0n) is 14.2. The van der Waals surface area contributed by atoms with Gasteiger partial charge in [-0.3, -0.25) is 14.6 Å². The molecule has 0 bridgehead atoms. The first-order chi connectivity index (χ1) is 12.4. The number of sulfone groups is 1. The second-order valence-electron chi connectivity index (χ2n) is 6.20. The Kier molecular flexibility index (Phi) is 5.08. The van der Waals surface area contributed by atoms with Crippen molar-refractivity contribution in [1.82, 2.24) is 15.2 Å². The van der Waals surface area contributed by atoms with Crippen molar-refractivity contribution in [3.63, 3.8) is 0 Å². The van der Waals surface area contributed by atoms with Crippen molar-refractivity contribution < 1.29 is 22.4 Å². The highest BCUT2D eigenvalue weighted by atomic mass is 32.2. The molecular weight excluding hydrogens is 358 g/mol. The Bertz CT molecular complexity index is 908. The summed E-state index contributed by atoms with van der Waals surface area (Å²) in [6, 6.07) is 4.56. The summed E-state index contributed by atoms with van der Waals surface area (Å²) in [5, 5.41) is 2.69. The van der Waals surface area contributed by atoms with Crippen LogP contribution in [0.2, 0.25) is 0 Å². The van der Waals surface area contributed by atoms with E-state index < -0.39 is 9.84 Å². The molecule has 0 spiro atoms. The van der Waals surface area contributed by atoms with E-state index in [1.807, 2.05) is 0 Å². The first kappa shape index (κ1) is 18.1. The molecule has 0 aliphatic carbocycles. The Morgan fingerprint density at radius 3 is 2.77 bits per heavy atom. The molecule has 3 rings (SSSR count). The minimum Gasteiger partial charge on any atom is -0.467 e. The quantitative estimate of drug-likeness (QED) is 0.828. The molecule has 2 aromatic heterocycles. The second kappa shape index (κ2) is 7.28. The van der Waals surface area contributed by atoms with Gasteiger partial charge in [0.2, 0.25) is 0 Å². The topological polar surface area (TPSA) is 110 Å². The molecule has 1 N–H and O–H groups in total. The van der Waals surface area contributed by atoms with Gasteiger partial charge in [-0.25, -0.2) is 8.42 Å². The fourth-order valence-corrected chi connectivity index (χ4v) is 4.59. The molecule has 1 aliphatic rings. The summed E-state index contributed by atoms with van der Waals surface area (Å²) >= 11 is 0. The Morgan fingerprint density at radius 1 is 1.35 bits per heavy atom. The number of carbonyl (C=O) groups is 2. The first-order valence-corrected chi connectivity index (χ1v) is 9.91. The van der Waals surface area contributed by atoms with Crippen LogP contribution >= 0.6 is 0 Å². The monoisotopic (exact) mass is 377 g/mol. The van der Waals surface area contributed by atoms with Gasteiger partial charge in [0.05, 0.1) is 35.4 Å². The van der Waals surface area contributed by atoms with Crippen LogP contribution in [0.4, 0.5) is 0 Å². The summed E-state index contributed by atoms with van der Waals surface area (Å²) in [6.45, 7) is 0.226. The predicted molar refractivity (Wildman–Crippen MR) is 93.3 cm³/mol. The zero-order chi connectivity index (χ0) is 18.7. The molecule has 138 valence electrons. The van der Waals surface area contributed by atoms with E-state index in [0.29, 0.717) is 12.2 Å².